The third kappa shape index (κ3) is 5.77. The van der Waals surface area contributed by atoms with Gasteiger partial charge in [-0.3, -0.25) is 4.90 Å². The lowest BCUT2D eigenvalue weighted by atomic mass is 10.0. The first-order valence-corrected chi connectivity index (χ1v) is 13.8. The van der Waals surface area contributed by atoms with E-state index in [1.165, 1.54) is 11.6 Å². The highest BCUT2D eigenvalue weighted by Gasteiger charge is 2.24. The van der Waals surface area contributed by atoms with Gasteiger partial charge in [-0.15, -0.1) is 0 Å². The number of carbonyl (C=O) groups is 1. The van der Waals surface area contributed by atoms with Gasteiger partial charge in [0.15, 0.2) is 0 Å². The Balaban J connectivity index is 1.15. The minimum absolute atomic E-state index is 0.126. The molecule has 2 aliphatic rings. The Morgan fingerprint density at radius 1 is 1.15 bits per heavy atom. The molecule has 0 saturated carbocycles. The Morgan fingerprint density at radius 3 is 2.75 bits per heavy atom. The lowest BCUT2D eigenvalue weighted by molar-refractivity contribution is -0.0591. The number of nitrogens with zero attached hydrogens (tertiary/aromatic N) is 5. The first-order chi connectivity index (χ1) is 19.4. The highest BCUT2D eigenvalue weighted by molar-refractivity contribution is 6.30. The van der Waals surface area contributed by atoms with Crippen LogP contribution in [0.2, 0.25) is 5.02 Å². The number of aromatic nitrogens is 4. The van der Waals surface area contributed by atoms with Crippen molar-refractivity contribution in [3.05, 3.63) is 94.0 Å². The molecule has 1 N–H and O–H groups in total. The van der Waals surface area contributed by atoms with Crippen molar-refractivity contribution in [1.29, 1.82) is 0 Å². The van der Waals surface area contributed by atoms with Crippen LogP contribution in [0.5, 0.6) is 0 Å². The number of halogens is 2. The molecule has 0 spiro atoms. The predicted molar refractivity (Wildman–Crippen MR) is 150 cm³/mol. The molecular formula is C30H29ClFN5O3. The molecule has 1 saturated heterocycles. The number of carboxylic acids is 1. The molecule has 2 aromatic carbocycles. The molecule has 0 bridgehead atoms. The van der Waals surface area contributed by atoms with Gasteiger partial charge in [-0.1, -0.05) is 23.7 Å². The van der Waals surface area contributed by atoms with Crippen LogP contribution in [-0.4, -0.2) is 61.3 Å². The first-order valence-electron chi connectivity index (χ1n) is 13.4. The van der Waals surface area contributed by atoms with Gasteiger partial charge in [-0.2, -0.15) is 0 Å². The molecule has 1 fully saturated rings. The minimum atomic E-state index is -0.949. The number of hydrogen-bond acceptors (Lipinski definition) is 6. The lowest BCUT2D eigenvalue weighted by Crippen LogP contribution is -2.33. The van der Waals surface area contributed by atoms with Crippen LogP contribution in [0.3, 0.4) is 0 Å². The fraction of sp³-hybridized carbons (Fsp3) is 0.333. The van der Waals surface area contributed by atoms with Crippen molar-refractivity contribution in [2.75, 3.05) is 19.7 Å². The second-order valence-corrected chi connectivity index (χ2v) is 10.7. The van der Waals surface area contributed by atoms with Crippen molar-refractivity contribution in [2.24, 2.45) is 0 Å². The molecule has 8 nitrogen and oxygen atoms in total. The monoisotopic (exact) mass is 561 g/mol. The lowest BCUT2D eigenvalue weighted by Gasteiger charge is -2.29. The number of carboxylic acid groups (broad SMARTS) is 1. The molecule has 6 rings (SSSR count). The predicted octanol–water partition coefficient (Wildman–Crippen LogP) is 5.18. The van der Waals surface area contributed by atoms with Crippen LogP contribution >= 0.6 is 11.6 Å². The van der Waals surface area contributed by atoms with Crippen LogP contribution in [-0.2, 0) is 30.7 Å². The van der Waals surface area contributed by atoms with Crippen molar-refractivity contribution >= 4 is 34.2 Å². The fourth-order valence-electron chi connectivity index (χ4n) is 5.22. The first kappa shape index (κ1) is 26.6. The largest absolute Gasteiger partial charge is 0.478 e. The number of rotatable bonds is 9. The van der Waals surface area contributed by atoms with Gasteiger partial charge in [0.2, 0.25) is 0 Å². The SMILES string of the molecule is O=C(O)c1ccc2nc(CN3CC=C(c4ccnc(CCc5ccc(Cl)cc5F)n4)CC3)n(C[C@@H]3CCO3)c2c1. The molecule has 4 heterocycles. The van der Waals surface area contributed by atoms with E-state index in [9.17, 15) is 14.3 Å². The van der Waals surface area contributed by atoms with Gasteiger partial charge in [0, 0.05) is 37.3 Å². The molecule has 0 aliphatic carbocycles. The molecule has 206 valence electrons. The second-order valence-electron chi connectivity index (χ2n) is 10.2. The number of aryl methyl sites for hydroxylation is 2. The summed E-state index contributed by atoms with van der Waals surface area (Å²) in [6, 6.07) is 11.7. The summed E-state index contributed by atoms with van der Waals surface area (Å²) in [6.45, 7) is 3.65. The molecule has 2 aromatic heterocycles. The van der Waals surface area contributed by atoms with E-state index in [4.69, 9.17) is 26.3 Å². The number of aromatic carboxylic acids is 1. The summed E-state index contributed by atoms with van der Waals surface area (Å²) >= 11 is 5.86. The normalized spacial score (nSPS) is 17.6. The van der Waals surface area contributed by atoms with Gasteiger partial charge >= 0.3 is 5.97 Å². The number of hydrogen-bond donors (Lipinski definition) is 1. The van der Waals surface area contributed by atoms with Crippen molar-refractivity contribution in [2.45, 2.75) is 44.9 Å². The van der Waals surface area contributed by atoms with Crippen LogP contribution in [0, 0.1) is 5.82 Å². The van der Waals surface area contributed by atoms with E-state index in [0.29, 0.717) is 42.3 Å². The molecular weight excluding hydrogens is 533 g/mol. The summed E-state index contributed by atoms with van der Waals surface area (Å²) in [4.78, 5) is 27.9. The van der Waals surface area contributed by atoms with E-state index in [-0.39, 0.29) is 17.5 Å². The van der Waals surface area contributed by atoms with Gasteiger partial charge in [0.1, 0.15) is 17.5 Å². The van der Waals surface area contributed by atoms with Crippen LogP contribution in [0.15, 0.2) is 54.7 Å². The topological polar surface area (TPSA) is 93.4 Å². The third-order valence-corrected chi connectivity index (χ3v) is 7.81. The minimum Gasteiger partial charge on any atom is -0.478 e. The molecule has 4 aromatic rings. The zero-order valence-corrected chi connectivity index (χ0v) is 22.6. The Kier molecular flexibility index (Phi) is 7.60. The average Bonchev–Trinajstić information content (AvgIpc) is 3.26. The smallest absolute Gasteiger partial charge is 0.335 e. The molecule has 0 unspecified atom stereocenters. The maximum Gasteiger partial charge on any atom is 0.335 e. The highest BCUT2D eigenvalue weighted by atomic mass is 35.5. The molecule has 2 aliphatic heterocycles. The van der Waals surface area contributed by atoms with Gasteiger partial charge in [0.05, 0.1) is 41.5 Å². The van der Waals surface area contributed by atoms with Gasteiger partial charge in [-0.25, -0.2) is 24.1 Å². The van der Waals surface area contributed by atoms with Crippen molar-refractivity contribution in [3.8, 4) is 0 Å². The van der Waals surface area contributed by atoms with E-state index < -0.39 is 5.97 Å². The standard InChI is InChI=1S/C30H29ClFN5O3/c31-22-4-1-19(24(32)16-22)3-6-28-33-11-7-25(34-28)20-8-12-36(13-9-20)18-29-35-26-5-2-21(30(38)39)15-27(26)37(29)17-23-10-14-40-23/h1-2,4-5,7-8,11,15-16,23H,3,6,9-10,12-14,17-18H2,(H,38,39)/t23-/m0/s1. The molecule has 0 amide bonds. The van der Waals surface area contributed by atoms with Gasteiger partial charge in [0.25, 0.3) is 0 Å². The number of benzene rings is 2. The molecule has 1 atom stereocenters. The highest BCUT2D eigenvalue weighted by Crippen LogP contribution is 2.26. The van der Waals surface area contributed by atoms with Crippen molar-refractivity contribution < 1.29 is 19.0 Å². The second kappa shape index (κ2) is 11.4. The summed E-state index contributed by atoms with van der Waals surface area (Å²) in [5.41, 5.74) is 4.53. The van der Waals surface area contributed by atoms with Crippen molar-refractivity contribution in [3.63, 3.8) is 0 Å². The van der Waals surface area contributed by atoms with Gasteiger partial charge < -0.3 is 14.4 Å². The summed E-state index contributed by atoms with van der Waals surface area (Å²) < 4.78 is 22.0. The van der Waals surface area contributed by atoms with Crippen LogP contribution in [0.4, 0.5) is 4.39 Å². The average molecular weight is 562 g/mol. The maximum atomic E-state index is 14.2. The summed E-state index contributed by atoms with van der Waals surface area (Å²) in [5.74, 6) is 0.330. The quantitative estimate of drug-likeness (QED) is 0.301. The zero-order valence-electron chi connectivity index (χ0n) is 21.9. The maximum absolute atomic E-state index is 14.2. The van der Waals surface area contributed by atoms with Gasteiger partial charge in [-0.05, 0) is 66.8 Å². The summed E-state index contributed by atoms with van der Waals surface area (Å²) in [6.07, 6.45) is 6.94. The van der Waals surface area contributed by atoms with Crippen LogP contribution in [0.25, 0.3) is 16.6 Å². The number of ether oxygens (including phenoxy) is 1. The molecule has 0 radical (unpaired) electrons. The molecule has 10 heteroatoms. The summed E-state index contributed by atoms with van der Waals surface area (Å²) in [7, 11) is 0. The fourth-order valence-corrected chi connectivity index (χ4v) is 5.38. The van der Waals surface area contributed by atoms with Crippen molar-refractivity contribution in [1.82, 2.24) is 24.4 Å². The Morgan fingerprint density at radius 2 is 2.02 bits per heavy atom. The summed E-state index contributed by atoms with van der Waals surface area (Å²) in [5, 5.41) is 9.87. The van der Waals surface area contributed by atoms with Crippen LogP contribution < -0.4 is 0 Å². The van der Waals surface area contributed by atoms with E-state index in [1.54, 1.807) is 36.5 Å². The van der Waals surface area contributed by atoms with Crippen LogP contribution in [0.1, 0.15) is 46.1 Å². The third-order valence-electron chi connectivity index (χ3n) is 7.58. The van der Waals surface area contributed by atoms with E-state index in [1.807, 2.05) is 6.07 Å². The van der Waals surface area contributed by atoms with E-state index in [2.05, 4.69) is 20.5 Å². The zero-order chi connectivity index (χ0) is 27.6. The number of imidazole rings is 1. The number of fused-ring (bicyclic) bond motifs is 1. The van der Waals surface area contributed by atoms with E-state index >= 15 is 0 Å². The molecule has 40 heavy (non-hydrogen) atoms. The Labute approximate surface area is 236 Å². The van der Waals surface area contributed by atoms with E-state index in [0.717, 1.165) is 55.1 Å². The Hall–Kier alpha value is -3.66. The Bertz CT molecular complexity index is 1600.